The second-order valence-corrected chi connectivity index (χ2v) is 5.65. The van der Waals surface area contributed by atoms with Gasteiger partial charge in [-0.3, -0.25) is 11.3 Å². The molecule has 0 bridgehead atoms. The summed E-state index contributed by atoms with van der Waals surface area (Å²) in [5.74, 6) is 5.60. The molecule has 0 amide bonds. The predicted octanol–water partition coefficient (Wildman–Crippen LogP) is 2.89. The Labute approximate surface area is 99.2 Å². The standard InChI is InChI=1S/C14H24N2/c1-14(2,3)10-9-13(16-15)11-12-7-5-4-6-8-12/h4-8,13,16H,9-11,15H2,1-3H3. The molecule has 0 aliphatic rings. The Bertz CT molecular complexity index is 287. The fraction of sp³-hybridized carbons (Fsp3) is 0.571. The molecule has 0 aliphatic carbocycles. The molecule has 0 fully saturated rings. The molecule has 0 spiro atoms. The average Bonchev–Trinajstić information content (AvgIpc) is 2.24. The van der Waals surface area contributed by atoms with E-state index in [-0.39, 0.29) is 0 Å². The van der Waals surface area contributed by atoms with Gasteiger partial charge in [0.1, 0.15) is 0 Å². The molecule has 2 nitrogen and oxygen atoms in total. The summed E-state index contributed by atoms with van der Waals surface area (Å²) in [7, 11) is 0. The van der Waals surface area contributed by atoms with Crippen molar-refractivity contribution in [1.29, 1.82) is 0 Å². The molecule has 0 saturated carbocycles. The van der Waals surface area contributed by atoms with Gasteiger partial charge in [-0.05, 0) is 30.2 Å². The summed E-state index contributed by atoms with van der Waals surface area (Å²) in [5.41, 5.74) is 4.65. The Morgan fingerprint density at radius 2 is 1.81 bits per heavy atom. The van der Waals surface area contributed by atoms with E-state index in [4.69, 9.17) is 5.84 Å². The molecule has 0 heterocycles. The highest BCUT2D eigenvalue weighted by molar-refractivity contribution is 5.15. The lowest BCUT2D eigenvalue weighted by Crippen LogP contribution is -2.37. The minimum absolute atomic E-state index is 0.377. The molecule has 0 aromatic heterocycles. The summed E-state index contributed by atoms with van der Waals surface area (Å²) < 4.78 is 0. The first kappa shape index (κ1) is 13.2. The molecule has 3 N–H and O–H groups in total. The fourth-order valence-corrected chi connectivity index (χ4v) is 1.75. The van der Waals surface area contributed by atoms with Crippen LogP contribution in [0.25, 0.3) is 0 Å². The van der Waals surface area contributed by atoms with Gasteiger partial charge in [0.25, 0.3) is 0 Å². The van der Waals surface area contributed by atoms with Crippen LogP contribution in [0.1, 0.15) is 39.2 Å². The van der Waals surface area contributed by atoms with E-state index < -0.39 is 0 Å². The summed E-state index contributed by atoms with van der Waals surface area (Å²) in [4.78, 5) is 0. The van der Waals surface area contributed by atoms with Crippen LogP contribution in [0.4, 0.5) is 0 Å². The number of benzene rings is 1. The van der Waals surface area contributed by atoms with E-state index in [2.05, 4.69) is 50.5 Å². The fourth-order valence-electron chi connectivity index (χ4n) is 1.75. The van der Waals surface area contributed by atoms with Gasteiger partial charge < -0.3 is 0 Å². The highest BCUT2D eigenvalue weighted by Crippen LogP contribution is 2.22. The monoisotopic (exact) mass is 220 g/mol. The van der Waals surface area contributed by atoms with Crippen LogP contribution in [0, 0.1) is 5.41 Å². The molecule has 90 valence electrons. The highest BCUT2D eigenvalue weighted by Gasteiger charge is 2.14. The molecular weight excluding hydrogens is 196 g/mol. The van der Waals surface area contributed by atoms with E-state index in [1.807, 2.05) is 6.07 Å². The van der Waals surface area contributed by atoms with Gasteiger partial charge >= 0.3 is 0 Å². The lowest BCUT2D eigenvalue weighted by molar-refractivity contribution is 0.330. The largest absolute Gasteiger partial charge is 0.271 e. The summed E-state index contributed by atoms with van der Waals surface area (Å²) in [5, 5.41) is 0. The molecule has 0 radical (unpaired) electrons. The molecule has 1 unspecified atom stereocenters. The Morgan fingerprint density at radius 1 is 1.19 bits per heavy atom. The third-order valence-electron chi connectivity index (χ3n) is 2.80. The second-order valence-electron chi connectivity index (χ2n) is 5.65. The molecule has 1 aromatic rings. The summed E-state index contributed by atoms with van der Waals surface area (Å²) in [6.45, 7) is 6.80. The Morgan fingerprint density at radius 3 is 2.31 bits per heavy atom. The zero-order chi connectivity index (χ0) is 12.0. The zero-order valence-electron chi connectivity index (χ0n) is 10.7. The van der Waals surface area contributed by atoms with E-state index in [1.54, 1.807) is 0 Å². The van der Waals surface area contributed by atoms with Gasteiger partial charge in [-0.1, -0.05) is 51.1 Å². The topological polar surface area (TPSA) is 38.0 Å². The van der Waals surface area contributed by atoms with Crippen molar-refractivity contribution in [3.8, 4) is 0 Å². The molecule has 16 heavy (non-hydrogen) atoms. The van der Waals surface area contributed by atoms with Crippen molar-refractivity contribution in [3.63, 3.8) is 0 Å². The Balaban J connectivity index is 2.44. The third kappa shape index (κ3) is 5.29. The maximum absolute atomic E-state index is 5.60. The van der Waals surface area contributed by atoms with Crippen LogP contribution in [-0.4, -0.2) is 6.04 Å². The molecule has 2 heteroatoms. The molecular formula is C14H24N2. The van der Waals surface area contributed by atoms with Crippen LogP contribution in [0.15, 0.2) is 30.3 Å². The van der Waals surface area contributed by atoms with Crippen molar-refractivity contribution < 1.29 is 0 Å². The Hall–Kier alpha value is -0.860. The van der Waals surface area contributed by atoms with Crippen molar-refractivity contribution in [2.45, 2.75) is 46.1 Å². The number of hydrogen-bond donors (Lipinski definition) is 2. The SMILES string of the molecule is CC(C)(C)CCC(Cc1ccccc1)NN. The van der Waals surface area contributed by atoms with Crippen molar-refractivity contribution in [2.24, 2.45) is 11.3 Å². The van der Waals surface area contributed by atoms with E-state index in [1.165, 1.54) is 12.0 Å². The van der Waals surface area contributed by atoms with Crippen molar-refractivity contribution >= 4 is 0 Å². The summed E-state index contributed by atoms with van der Waals surface area (Å²) in [6.07, 6.45) is 3.32. The maximum atomic E-state index is 5.60. The van der Waals surface area contributed by atoms with Crippen LogP contribution >= 0.6 is 0 Å². The molecule has 1 atom stereocenters. The third-order valence-corrected chi connectivity index (χ3v) is 2.80. The van der Waals surface area contributed by atoms with Crippen molar-refractivity contribution in [2.75, 3.05) is 0 Å². The first-order valence-corrected chi connectivity index (χ1v) is 6.01. The van der Waals surface area contributed by atoms with Gasteiger partial charge in [0.15, 0.2) is 0 Å². The van der Waals surface area contributed by atoms with Crippen LogP contribution in [0.5, 0.6) is 0 Å². The zero-order valence-corrected chi connectivity index (χ0v) is 10.7. The van der Waals surface area contributed by atoms with E-state index in [0.29, 0.717) is 11.5 Å². The van der Waals surface area contributed by atoms with E-state index >= 15 is 0 Å². The first-order chi connectivity index (χ1) is 7.51. The van der Waals surface area contributed by atoms with Gasteiger partial charge in [-0.15, -0.1) is 0 Å². The second kappa shape index (κ2) is 6.02. The number of nitrogens with two attached hydrogens (primary N) is 1. The smallest absolute Gasteiger partial charge is 0.0251 e. The molecule has 1 rings (SSSR count). The lowest BCUT2D eigenvalue weighted by Gasteiger charge is -2.22. The molecule has 0 saturated heterocycles. The van der Waals surface area contributed by atoms with Gasteiger partial charge in [0.05, 0.1) is 0 Å². The number of rotatable bonds is 5. The molecule has 1 aromatic carbocycles. The Kier molecular flexibility index (Phi) is 4.97. The van der Waals surface area contributed by atoms with Gasteiger partial charge in [-0.2, -0.15) is 0 Å². The summed E-state index contributed by atoms with van der Waals surface area (Å²) >= 11 is 0. The lowest BCUT2D eigenvalue weighted by atomic mass is 9.87. The minimum atomic E-state index is 0.377. The first-order valence-electron chi connectivity index (χ1n) is 6.01. The quantitative estimate of drug-likeness (QED) is 0.591. The number of hydrogen-bond acceptors (Lipinski definition) is 2. The van der Waals surface area contributed by atoms with E-state index in [9.17, 15) is 0 Å². The van der Waals surface area contributed by atoms with Crippen LogP contribution < -0.4 is 11.3 Å². The van der Waals surface area contributed by atoms with Crippen molar-refractivity contribution in [1.82, 2.24) is 5.43 Å². The van der Waals surface area contributed by atoms with Crippen molar-refractivity contribution in [3.05, 3.63) is 35.9 Å². The van der Waals surface area contributed by atoms with E-state index in [0.717, 1.165) is 12.8 Å². The number of nitrogens with one attached hydrogen (secondary N) is 1. The van der Waals surface area contributed by atoms with Crippen LogP contribution in [0.2, 0.25) is 0 Å². The van der Waals surface area contributed by atoms with Gasteiger partial charge in [0, 0.05) is 6.04 Å². The maximum Gasteiger partial charge on any atom is 0.0251 e. The minimum Gasteiger partial charge on any atom is -0.271 e. The predicted molar refractivity (Wildman–Crippen MR) is 69.9 cm³/mol. The number of hydrazine groups is 1. The highest BCUT2D eigenvalue weighted by atomic mass is 15.2. The molecule has 0 aliphatic heterocycles. The normalized spacial score (nSPS) is 13.8. The van der Waals surface area contributed by atoms with Gasteiger partial charge in [0.2, 0.25) is 0 Å². The van der Waals surface area contributed by atoms with Crippen LogP contribution in [0.3, 0.4) is 0 Å². The van der Waals surface area contributed by atoms with Gasteiger partial charge in [-0.25, -0.2) is 0 Å². The van der Waals surface area contributed by atoms with Crippen LogP contribution in [-0.2, 0) is 6.42 Å². The average molecular weight is 220 g/mol. The summed E-state index contributed by atoms with van der Waals surface area (Å²) in [6, 6.07) is 10.9.